The van der Waals surface area contributed by atoms with Gasteiger partial charge in [-0.25, -0.2) is 4.79 Å². The fourth-order valence-corrected chi connectivity index (χ4v) is 1.44. The van der Waals surface area contributed by atoms with Gasteiger partial charge in [0, 0.05) is 6.92 Å². The van der Waals surface area contributed by atoms with E-state index in [4.69, 9.17) is 9.62 Å². The summed E-state index contributed by atoms with van der Waals surface area (Å²) >= 11 is 0. The van der Waals surface area contributed by atoms with Gasteiger partial charge in [0.15, 0.2) is 0 Å². The van der Waals surface area contributed by atoms with Crippen LogP contribution < -0.4 is 5.76 Å². The van der Waals surface area contributed by atoms with E-state index in [0.29, 0.717) is 17.3 Å². The van der Waals surface area contributed by atoms with Gasteiger partial charge in [0.2, 0.25) is 5.89 Å². The minimum atomic E-state index is -0.525. The molecule has 1 heterocycles. The monoisotopic (exact) mass is 233 g/mol. The van der Waals surface area contributed by atoms with Crippen molar-refractivity contribution in [1.29, 1.82) is 0 Å². The molecule has 6 nitrogen and oxygen atoms in total. The standard InChI is InChI=1S/C11H11N3O3/c1-7(13-16)9-3-5-10(6-4-9)14-11(15)17-8(2)12-14/h3-6,16H,1-2H3/b13-7+. The van der Waals surface area contributed by atoms with Crippen molar-refractivity contribution in [1.82, 2.24) is 9.78 Å². The molecule has 0 radical (unpaired) electrons. The summed E-state index contributed by atoms with van der Waals surface area (Å²) in [5.74, 6) is -0.213. The van der Waals surface area contributed by atoms with E-state index in [9.17, 15) is 4.79 Å². The normalized spacial score (nSPS) is 11.8. The van der Waals surface area contributed by atoms with Gasteiger partial charge in [-0.2, -0.15) is 4.68 Å². The lowest BCUT2D eigenvalue weighted by atomic mass is 10.1. The molecule has 0 unspecified atom stereocenters. The molecule has 0 bridgehead atoms. The Morgan fingerprint density at radius 3 is 2.53 bits per heavy atom. The first-order chi connectivity index (χ1) is 8.11. The Morgan fingerprint density at radius 2 is 2.06 bits per heavy atom. The first-order valence-corrected chi connectivity index (χ1v) is 4.98. The van der Waals surface area contributed by atoms with Gasteiger partial charge in [-0.05, 0) is 24.6 Å². The topological polar surface area (TPSA) is 80.6 Å². The van der Waals surface area contributed by atoms with Crippen LogP contribution in [0.3, 0.4) is 0 Å². The molecule has 1 aromatic heterocycles. The number of aryl methyl sites for hydroxylation is 1. The average molecular weight is 233 g/mol. The van der Waals surface area contributed by atoms with Crippen LogP contribution in [0.4, 0.5) is 0 Å². The summed E-state index contributed by atoms with van der Waals surface area (Å²) in [5, 5.41) is 15.7. The van der Waals surface area contributed by atoms with Crippen molar-refractivity contribution in [3.05, 3.63) is 46.3 Å². The highest BCUT2D eigenvalue weighted by atomic mass is 16.4. The fourth-order valence-electron chi connectivity index (χ4n) is 1.44. The molecule has 2 rings (SSSR count). The highest BCUT2D eigenvalue weighted by Crippen LogP contribution is 2.08. The second-order valence-corrected chi connectivity index (χ2v) is 3.53. The quantitative estimate of drug-likeness (QED) is 0.482. The molecule has 0 amide bonds. The van der Waals surface area contributed by atoms with Crippen LogP contribution >= 0.6 is 0 Å². The summed E-state index contributed by atoms with van der Waals surface area (Å²) in [7, 11) is 0. The van der Waals surface area contributed by atoms with Crippen LogP contribution in [0.5, 0.6) is 0 Å². The zero-order valence-electron chi connectivity index (χ0n) is 9.41. The highest BCUT2D eigenvalue weighted by molar-refractivity contribution is 5.98. The molecule has 0 aliphatic heterocycles. The summed E-state index contributed by atoms with van der Waals surface area (Å²) < 4.78 is 5.97. The summed E-state index contributed by atoms with van der Waals surface area (Å²) in [4.78, 5) is 11.4. The Balaban J connectivity index is 2.42. The van der Waals surface area contributed by atoms with Crippen LogP contribution in [0.1, 0.15) is 18.4 Å². The number of hydrogen-bond donors (Lipinski definition) is 1. The lowest BCUT2D eigenvalue weighted by Crippen LogP contribution is -2.13. The average Bonchev–Trinajstić information content (AvgIpc) is 2.68. The van der Waals surface area contributed by atoms with E-state index in [1.807, 2.05) is 0 Å². The van der Waals surface area contributed by atoms with Crippen molar-refractivity contribution in [3.8, 4) is 5.69 Å². The van der Waals surface area contributed by atoms with Crippen LogP contribution in [0.15, 0.2) is 38.6 Å². The maximum absolute atomic E-state index is 11.4. The number of hydrogen-bond acceptors (Lipinski definition) is 5. The van der Waals surface area contributed by atoms with Crippen LogP contribution in [0.2, 0.25) is 0 Å². The minimum absolute atomic E-state index is 0.312. The summed E-state index contributed by atoms with van der Waals surface area (Å²) in [6.45, 7) is 3.29. The number of nitrogens with zero attached hydrogens (tertiary/aromatic N) is 3. The van der Waals surface area contributed by atoms with Crippen LogP contribution in [-0.4, -0.2) is 20.7 Å². The second kappa shape index (κ2) is 4.25. The SMILES string of the molecule is C/C(=N\O)c1ccc(-n2nc(C)oc2=O)cc1. The number of oxime groups is 1. The van der Waals surface area contributed by atoms with Gasteiger partial charge in [-0.3, -0.25) is 0 Å². The van der Waals surface area contributed by atoms with Crippen molar-refractivity contribution in [3.63, 3.8) is 0 Å². The first kappa shape index (κ1) is 11.1. The Morgan fingerprint density at radius 1 is 1.41 bits per heavy atom. The van der Waals surface area contributed by atoms with E-state index in [2.05, 4.69) is 10.3 Å². The zero-order chi connectivity index (χ0) is 12.4. The van der Waals surface area contributed by atoms with Gasteiger partial charge in [-0.15, -0.1) is 5.10 Å². The van der Waals surface area contributed by atoms with Gasteiger partial charge < -0.3 is 9.62 Å². The molecular weight excluding hydrogens is 222 g/mol. The highest BCUT2D eigenvalue weighted by Gasteiger charge is 2.06. The molecule has 0 spiro atoms. The minimum Gasteiger partial charge on any atom is -0.411 e. The van der Waals surface area contributed by atoms with Crippen molar-refractivity contribution in [2.75, 3.05) is 0 Å². The largest absolute Gasteiger partial charge is 0.441 e. The molecule has 6 heteroatoms. The zero-order valence-corrected chi connectivity index (χ0v) is 9.41. The molecule has 2 aromatic rings. The van der Waals surface area contributed by atoms with Crippen LogP contribution in [0, 0.1) is 6.92 Å². The summed E-state index contributed by atoms with van der Waals surface area (Å²) in [6.07, 6.45) is 0. The molecule has 17 heavy (non-hydrogen) atoms. The summed E-state index contributed by atoms with van der Waals surface area (Å²) in [5.41, 5.74) is 1.87. The smallest absolute Gasteiger partial charge is 0.411 e. The van der Waals surface area contributed by atoms with E-state index in [0.717, 1.165) is 5.56 Å². The number of rotatable bonds is 2. The van der Waals surface area contributed by atoms with Crippen LogP contribution in [-0.2, 0) is 0 Å². The molecule has 0 fully saturated rings. The molecule has 88 valence electrons. The van der Waals surface area contributed by atoms with E-state index < -0.39 is 5.76 Å². The van der Waals surface area contributed by atoms with E-state index in [1.165, 1.54) is 4.68 Å². The lowest BCUT2D eigenvalue weighted by Gasteiger charge is -2.01. The predicted octanol–water partition coefficient (Wildman–Crippen LogP) is 1.33. The Kier molecular flexibility index (Phi) is 2.78. The van der Waals surface area contributed by atoms with Gasteiger partial charge in [-0.1, -0.05) is 17.3 Å². The molecule has 0 saturated heterocycles. The Bertz CT molecular complexity index is 608. The molecule has 0 saturated carbocycles. The third kappa shape index (κ3) is 2.10. The summed E-state index contributed by atoms with van der Waals surface area (Å²) in [6, 6.07) is 6.88. The van der Waals surface area contributed by atoms with Crippen molar-refractivity contribution in [2.24, 2.45) is 5.16 Å². The number of benzene rings is 1. The molecule has 0 aliphatic carbocycles. The van der Waals surface area contributed by atoms with Crippen molar-refractivity contribution >= 4 is 5.71 Å². The van der Waals surface area contributed by atoms with Crippen molar-refractivity contribution in [2.45, 2.75) is 13.8 Å². The van der Waals surface area contributed by atoms with E-state index >= 15 is 0 Å². The fraction of sp³-hybridized carbons (Fsp3) is 0.182. The third-order valence-corrected chi connectivity index (χ3v) is 2.33. The Labute approximate surface area is 96.8 Å². The number of aromatic nitrogens is 2. The third-order valence-electron chi connectivity index (χ3n) is 2.33. The van der Waals surface area contributed by atoms with E-state index in [1.54, 1.807) is 38.1 Å². The van der Waals surface area contributed by atoms with Crippen molar-refractivity contribution < 1.29 is 9.62 Å². The van der Waals surface area contributed by atoms with Gasteiger partial charge in [0.25, 0.3) is 0 Å². The molecule has 1 N–H and O–H groups in total. The molecule has 0 aliphatic rings. The molecule has 1 aromatic carbocycles. The van der Waals surface area contributed by atoms with Crippen LogP contribution in [0.25, 0.3) is 5.69 Å². The van der Waals surface area contributed by atoms with E-state index in [-0.39, 0.29) is 0 Å². The first-order valence-electron chi connectivity index (χ1n) is 4.98. The lowest BCUT2D eigenvalue weighted by molar-refractivity contribution is 0.319. The maximum atomic E-state index is 11.4. The predicted molar refractivity (Wildman–Crippen MR) is 60.8 cm³/mol. The van der Waals surface area contributed by atoms with Gasteiger partial charge in [0.1, 0.15) is 0 Å². The van der Waals surface area contributed by atoms with Gasteiger partial charge >= 0.3 is 5.76 Å². The maximum Gasteiger partial charge on any atom is 0.441 e. The molecular formula is C11H11N3O3. The molecule has 0 atom stereocenters. The second-order valence-electron chi connectivity index (χ2n) is 3.53. The van der Waals surface area contributed by atoms with Gasteiger partial charge in [0.05, 0.1) is 11.4 Å². The Hall–Kier alpha value is -2.37.